The van der Waals surface area contributed by atoms with Crippen LogP contribution < -0.4 is 0 Å². The van der Waals surface area contributed by atoms with Gasteiger partial charge in [-0.1, -0.05) is 56.3 Å². The Bertz CT molecular complexity index is 597. The molecule has 0 radical (unpaired) electrons. The first-order valence-corrected chi connectivity index (χ1v) is 6.82. The molecule has 1 heterocycles. The first-order chi connectivity index (χ1) is 9.24. The Morgan fingerprint density at radius 1 is 1.00 bits per heavy atom. The number of benzene rings is 2. The quantitative estimate of drug-likeness (QED) is 0.716. The molecule has 1 aliphatic heterocycles. The van der Waals surface area contributed by atoms with Gasteiger partial charge in [-0.2, -0.15) is 10.2 Å². The molecule has 0 fully saturated rings. The monoisotopic (exact) mass is 250 g/mol. The highest BCUT2D eigenvalue weighted by Gasteiger charge is 2.20. The maximum Gasteiger partial charge on any atom is 0.102 e. The molecule has 0 bridgehead atoms. The summed E-state index contributed by atoms with van der Waals surface area (Å²) >= 11 is 0. The van der Waals surface area contributed by atoms with Crippen molar-refractivity contribution in [2.45, 2.75) is 32.2 Å². The van der Waals surface area contributed by atoms with E-state index in [-0.39, 0.29) is 6.04 Å². The summed E-state index contributed by atoms with van der Waals surface area (Å²) in [5.41, 5.74) is 4.98. The summed E-state index contributed by atoms with van der Waals surface area (Å²) < 4.78 is 0. The SMILES string of the molecule is CC(C)c1ccc(CC2N=Nc3ccccc32)cc1. The largest absolute Gasteiger partial charge is 0.180 e. The molecule has 0 amide bonds. The number of nitrogens with zero attached hydrogens (tertiary/aromatic N) is 2. The second-order valence-electron chi connectivity index (χ2n) is 5.39. The molecular formula is C17H18N2. The molecule has 2 nitrogen and oxygen atoms in total. The third kappa shape index (κ3) is 2.43. The molecular weight excluding hydrogens is 232 g/mol. The van der Waals surface area contributed by atoms with E-state index in [2.05, 4.69) is 60.5 Å². The van der Waals surface area contributed by atoms with Crippen molar-refractivity contribution >= 4 is 5.69 Å². The highest BCUT2D eigenvalue weighted by molar-refractivity contribution is 5.50. The van der Waals surface area contributed by atoms with E-state index in [0.29, 0.717) is 5.92 Å². The highest BCUT2D eigenvalue weighted by Crippen LogP contribution is 2.37. The van der Waals surface area contributed by atoms with Crippen LogP contribution >= 0.6 is 0 Å². The van der Waals surface area contributed by atoms with Gasteiger partial charge in [-0.15, -0.1) is 0 Å². The van der Waals surface area contributed by atoms with E-state index >= 15 is 0 Å². The van der Waals surface area contributed by atoms with Crippen molar-refractivity contribution in [2.75, 3.05) is 0 Å². The molecule has 96 valence electrons. The summed E-state index contributed by atoms with van der Waals surface area (Å²) in [7, 11) is 0. The smallest absolute Gasteiger partial charge is 0.102 e. The molecule has 0 aliphatic carbocycles. The second-order valence-corrected chi connectivity index (χ2v) is 5.39. The van der Waals surface area contributed by atoms with Gasteiger partial charge in [0.05, 0.1) is 5.69 Å². The van der Waals surface area contributed by atoms with Crippen molar-refractivity contribution < 1.29 is 0 Å². The Morgan fingerprint density at radius 2 is 1.74 bits per heavy atom. The molecule has 0 saturated heterocycles. The van der Waals surface area contributed by atoms with Gasteiger partial charge >= 0.3 is 0 Å². The third-order valence-corrected chi connectivity index (χ3v) is 3.68. The molecule has 19 heavy (non-hydrogen) atoms. The van der Waals surface area contributed by atoms with E-state index in [1.807, 2.05) is 12.1 Å². The van der Waals surface area contributed by atoms with Crippen LogP contribution in [0, 0.1) is 0 Å². The van der Waals surface area contributed by atoms with Crippen molar-refractivity contribution in [3.05, 3.63) is 65.2 Å². The zero-order valence-corrected chi connectivity index (χ0v) is 11.4. The van der Waals surface area contributed by atoms with Crippen molar-refractivity contribution in [3.8, 4) is 0 Å². The average Bonchev–Trinajstić information content (AvgIpc) is 2.83. The molecule has 3 rings (SSSR count). The Morgan fingerprint density at radius 3 is 2.47 bits per heavy atom. The molecule has 2 aromatic carbocycles. The fourth-order valence-corrected chi connectivity index (χ4v) is 2.47. The summed E-state index contributed by atoms with van der Waals surface area (Å²) in [6.07, 6.45) is 0.929. The fourth-order valence-electron chi connectivity index (χ4n) is 2.47. The van der Waals surface area contributed by atoms with Crippen LogP contribution in [0.1, 0.15) is 42.5 Å². The third-order valence-electron chi connectivity index (χ3n) is 3.68. The fraction of sp³-hybridized carbons (Fsp3) is 0.294. The van der Waals surface area contributed by atoms with Crippen molar-refractivity contribution in [1.29, 1.82) is 0 Å². The molecule has 0 aromatic heterocycles. The van der Waals surface area contributed by atoms with E-state index in [9.17, 15) is 0 Å². The van der Waals surface area contributed by atoms with Crippen LogP contribution in [0.15, 0.2) is 58.8 Å². The maximum absolute atomic E-state index is 4.38. The van der Waals surface area contributed by atoms with Gasteiger partial charge in [0.1, 0.15) is 6.04 Å². The minimum atomic E-state index is 0.182. The van der Waals surface area contributed by atoms with Gasteiger partial charge in [0.25, 0.3) is 0 Å². The van der Waals surface area contributed by atoms with Crippen LogP contribution in [-0.4, -0.2) is 0 Å². The zero-order valence-electron chi connectivity index (χ0n) is 11.4. The number of hydrogen-bond acceptors (Lipinski definition) is 2. The first-order valence-electron chi connectivity index (χ1n) is 6.82. The molecule has 0 spiro atoms. The standard InChI is InChI=1S/C17H18N2/c1-12(2)14-9-7-13(8-10-14)11-17-15-5-3-4-6-16(15)18-19-17/h3-10,12,17H,11H2,1-2H3. The topological polar surface area (TPSA) is 24.7 Å². The van der Waals surface area contributed by atoms with Gasteiger partial charge in [-0.05, 0) is 23.1 Å². The van der Waals surface area contributed by atoms with E-state index in [0.717, 1.165) is 12.1 Å². The number of azo groups is 1. The van der Waals surface area contributed by atoms with Crippen LogP contribution in [0.25, 0.3) is 0 Å². The number of hydrogen-bond donors (Lipinski definition) is 0. The minimum Gasteiger partial charge on any atom is -0.180 e. The Hall–Kier alpha value is -1.96. The summed E-state index contributed by atoms with van der Waals surface area (Å²) in [5.74, 6) is 0.584. The molecule has 2 aromatic rings. The first kappa shape index (κ1) is 12.1. The van der Waals surface area contributed by atoms with Gasteiger partial charge in [-0.3, -0.25) is 0 Å². The van der Waals surface area contributed by atoms with Gasteiger partial charge in [0.15, 0.2) is 0 Å². The van der Waals surface area contributed by atoms with Crippen LogP contribution in [0.4, 0.5) is 5.69 Å². The van der Waals surface area contributed by atoms with Crippen molar-refractivity contribution in [1.82, 2.24) is 0 Å². The summed E-state index contributed by atoms with van der Waals surface area (Å²) in [4.78, 5) is 0. The van der Waals surface area contributed by atoms with Crippen molar-refractivity contribution in [3.63, 3.8) is 0 Å². The van der Waals surface area contributed by atoms with Gasteiger partial charge in [0.2, 0.25) is 0 Å². The van der Waals surface area contributed by atoms with Crippen molar-refractivity contribution in [2.24, 2.45) is 10.2 Å². The average molecular weight is 250 g/mol. The predicted molar refractivity (Wildman–Crippen MR) is 77.9 cm³/mol. The van der Waals surface area contributed by atoms with Crippen LogP contribution in [0.5, 0.6) is 0 Å². The molecule has 1 aliphatic rings. The van der Waals surface area contributed by atoms with Gasteiger partial charge < -0.3 is 0 Å². The number of rotatable bonds is 3. The molecule has 0 N–H and O–H groups in total. The lowest BCUT2D eigenvalue weighted by Gasteiger charge is -2.10. The van der Waals surface area contributed by atoms with Crippen LogP contribution in [-0.2, 0) is 6.42 Å². The molecule has 0 saturated carbocycles. The number of fused-ring (bicyclic) bond motifs is 1. The minimum absolute atomic E-state index is 0.182. The molecule has 1 unspecified atom stereocenters. The van der Waals surface area contributed by atoms with E-state index < -0.39 is 0 Å². The van der Waals surface area contributed by atoms with E-state index in [1.54, 1.807) is 0 Å². The van der Waals surface area contributed by atoms with Gasteiger partial charge in [0, 0.05) is 12.0 Å². The van der Waals surface area contributed by atoms with Crippen LogP contribution in [0.3, 0.4) is 0 Å². The molecule has 2 heteroatoms. The van der Waals surface area contributed by atoms with E-state index in [4.69, 9.17) is 0 Å². The highest BCUT2D eigenvalue weighted by atomic mass is 15.2. The summed E-state index contributed by atoms with van der Waals surface area (Å²) in [6, 6.07) is 17.3. The second kappa shape index (κ2) is 4.96. The lowest BCUT2D eigenvalue weighted by atomic mass is 9.96. The predicted octanol–water partition coefficient (Wildman–Crippen LogP) is 5.19. The Labute approximate surface area is 114 Å². The van der Waals surface area contributed by atoms with Crippen LogP contribution in [0.2, 0.25) is 0 Å². The zero-order chi connectivity index (χ0) is 13.2. The Balaban J connectivity index is 1.78. The molecule has 1 atom stereocenters. The Kier molecular flexibility index (Phi) is 3.16. The van der Waals surface area contributed by atoms with E-state index in [1.165, 1.54) is 16.7 Å². The maximum atomic E-state index is 4.38. The normalized spacial score (nSPS) is 16.9. The lowest BCUT2D eigenvalue weighted by Crippen LogP contribution is -1.97. The van der Waals surface area contributed by atoms with Gasteiger partial charge in [-0.25, -0.2) is 0 Å². The summed E-state index contributed by atoms with van der Waals surface area (Å²) in [5, 5.41) is 8.63. The lowest BCUT2D eigenvalue weighted by molar-refractivity contribution is 0.718. The summed E-state index contributed by atoms with van der Waals surface area (Å²) in [6.45, 7) is 4.44.